The molecule has 1 heterocycles. The first-order chi connectivity index (χ1) is 9.19. The zero-order valence-corrected chi connectivity index (χ0v) is 12.8. The van der Waals surface area contributed by atoms with Gasteiger partial charge in [0.05, 0.1) is 5.01 Å². The summed E-state index contributed by atoms with van der Waals surface area (Å²) in [4.78, 5) is 4.58. The SMILES string of the molecule is CCNC(Cc1nc(C)cs1)Cc1ccccc1C. The van der Waals surface area contributed by atoms with Gasteiger partial charge in [-0.25, -0.2) is 4.98 Å². The summed E-state index contributed by atoms with van der Waals surface area (Å²) < 4.78 is 0. The number of nitrogens with zero attached hydrogens (tertiary/aromatic N) is 1. The second-order valence-electron chi connectivity index (χ2n) is 4.97. The Morgan fingerprint density at radius 3 is 2.63 bits per heavy atom. The lowest BCUT2D eigenvalue weighted by Crippen LogP contribution is -2.33. The molecule has 2 rings (SSSR count). The number of likely N-dealkylation sites (N-methyl/N-ethyl adjacent to an activating group) is 1. The number of benzene rings is 1. The third-order valence-corrected chi connectivity index (χ3v) is 4.30. The van der Waals surface area contributed by atoms with E-state index in [9.17, 15) is 0 Å². The van der Waals surface area contributed by atoms with E-state index in [4.69, 9.17) is 0 Å². The zero-order valence-electron chi connectivity index (χ0n) is 11.9. The van der Waals surface area contributed by atoms with Gasteiger partial charge in [-0.15, -0.1) is 11.3 Å². The van der Waals surface area contributed by atoms with Crippen molar-refractivity contribution < 1.29 is 0 Å². The lowest BCUT2D eigenvalue weighted by Gasteiger charge is -2.18. The van der Waals surface area contributed by atoms with Crippen molar-refractivity contribution in [3.63, 3.8) is 0 Å². The summed E-state index contributed by atoms with van der Waals surface area (Å²) in [5, 5.41) is 6.95. The maximum atomic E-state index is 4.58. The monoisotopic (exact) mass is 274 g/mol. The van der Waals surface area contributed by atoms with Gasteiger partial charge < -0.3 is 5.32 Å². The van der Waals surface area contributed by atoms with Gasteiger partial charge in [-0.05, 0) is 37.9 Å². The molecule has 0 aliphatic carbocycles. The minimum atomic E-state index is 0.469. The van der Waals surface area contributed by atoms with Gasteiger partial charge in [-0.1, -0.05) is 31.2 Å². The summed E-state index contributed by atoms with van der Waals surface area (Å²) in [5.41, 5.74) is 3.94. The maximum Gasteiger partial charge on any atom is 0.0943 e. The van der Waals surface area contributed by atoms with Gasteiger partial charge in [-0.2, -0.15) is 0 Å². The molecule has 0 bridgehead atoms. The first-order valence-electron chi connectivity index (χ1n) is 6.88. The second-order valence-corrected chi connectivity index (χ2v) is 5.91. The number of aromatic nitrogens is 1. The molecule has 0 aliphatic rings. The lowest BCUT2D eigenvalue weighted by atomic mass is 9.99. The van der Waals surface area contributed by atoms with E-state index >= 15 is 0 Å². The fourth-order valence-corrected chi connectivity index (χ4v) is 3.17. The van der Waals surface area contributed by atoms with Crippen molar-refractivity contribution in [2.75, 3.05) is 6.54 Å². The average Bonchev–Trinajstić information content (AvgIpc) is 2.78. The van der Waals surface area contributed by atoms with Gasteiger partial charge in [0.1, 0.15) is 0 Å². The number of aryl methyl sites for hydroxylation is 2. The molecule has 0 amide bonds. The summed E-state index contributed by atoms with van der Waals surface area (Å²) in [6.45, 7) is 7.41. The minimum Gasteiger partial charge on any atom is -0.314 e. The van der Waals surface area contributed by atoms with Gasteiger partial charge in [-0.3, -0.25) is 0 Å². The van der Waals surface area contributed by atoms with Crippen LogP contribution in [0.3, 0.4) is 0 Å². The Balaban J connectivity index is 2.06. The lowest BCUT2D eigenvalue weighted by molar-refractivity contribution is 0.519. The molecule has 2 nitrogen and oxygen atoms in total. The first-order valence-corrected chi connectivity index (χ1v) is 7.76. The Hall–Kier alpha value is -1.19. The van der Waals surface area contributed by atoms with Crippen LogP contribution in [0.25, 0.3) is 0 Å². The van der Waals surface area contributed by atoms with Gasteiger partial charge in [0, 0.05) is 23.5 Å². The maximum absolute atomic E-state index is 4.58. The summed E-state index contributed by atoms with van der Waals surface area (Å²) >= 11 is 1.77. The molecule has 19 heavy (non-hydrogen) atoms. The highest BCUT2D eigenvalue weighted by molar-refractivity contribution is 7.09. The van der Waals surface area contributed by atoms with Crippen LogP contribution in [-0.2, 0) is 12.8 Å². The molecule has 102 valence electrons. The van der Waals surface area contributed by atoms with Crippen LogP contribution in [0.5, 0.6) is 0 Å². The van der Waals surface area contributed by atoms with Crippen molar-refractivity contribution in [2.24, 2.45) is 0 Å². The Morgan fingerprint density at radius 2 is 2.00 bits per heavy atom. The molecule has 2 aromatic rings. The van der Waals surface area contributed by atoms with E-state index < -0.39 is 0 Å². The molecular formula is C16H22N2S. The molecule has 3 heteroatoms. The van der Waals surface area contributed by atoms with Crippen molar-refractivity contribution in [2.45, 2.75) is 39.7 Å². The first kappa shape index (κ1) is 14.2. The van der Waals surface area contributed by atoms with Crippen LogP contribution in [0.1, 0.15) is 28.8 Å². The zero-order chi connectivity index (χ0) is 13.7. The minimum absolute atomic E-state index is 0.469. The van der Waals surface area contributed by atoms with E-state index in [0.717, 1.165) is 25.1 Å². The Kier molecular flexibility index (Phi) is 5.11. The van der Waals surface area contributed by atoms with E-state index in [1.54, 1.807) is 11.3 Å². The summed E-state index contributed by atoms with van der Waals surface area (Å²) in [7, 11) is 0. The molecule has 1 unspecified atom stereocenters. The highest BCUT2D eigenvalue weighted by Gasteiger charge is 2.12. The van der Waals surface area contributed by atoms with E-state index in [-0.39, 0.29) is 0 Å². The summed E-state index contributed by atoms with van der Waals surface area (Å²) in [6.07, 6.45) is 2.08. The standard InChI is InChI=1S/C16H22N2S/c1-4-17-15(10-16-18-13(3)11-19-16)9-14-8-6-5-7-12(14)2/h5-8,11,15,17H,4,9-10H2,1-3H3. The van der Waals surface area contributed by atoms with Crippen molar-refractivity contribution in [3.05, 3.63) is 51.5 Å². The fourth-order valence-electron chi connectivity index (χ4n) is 2.32. The van der Waals surface area contributed by atoms with Crippen LogP contribution >= 0.6 is 11.3 Å². The van der Waals surface area contributed by atoms with Crippen LogP contribution < -0.4 is 5.32 Å². The van der Waals surface area contributed by atoms with Gasteiger partial charge in [0.2, 0.25) is 0 Å². The molecule has 1 N–H and O–H groups in total. The molecule has 0 spiro atoms. The van der Waals surface area contributed by atoms with Crippen molar-refractivity contribution in [1.82, 2.24) is 10.3 Å². The molecule has 0 radical (unpaired) electrons. The van der Waals surface area contributed by atoms with Crippen LogP contribution in [0.15, 0.2) is 29.6 Å². The van der Waals surface area contributed by atoms with Gasteiger partial charge in [0.15, 0.2) is 0 Å². The van der Waals surface area contributed by atoms with E-state index in [1.165, 1.54) is 16.1 Å². The predicted molar refractivity (Wildman–Crippen MR) is 82.9 cm³/mol. The number of hydrogen-bond acceptors (Lipinski definition) is 3. The van der Waals surface area contributed by atoms with Crippen LogP contribution in [0, 0.1) is 13.8 Å². The third-order valence-electron chi connectivity index (χ3n) is 3.31. The molecular weight excluding hydrogens is 252 g/mol. The normalized spacial score (nSPS) is 12.6. The molecule has 0 saturated carbocycles. The Labute approximate surface area is 119 Å². The van der Waals surface area contributed by atoms with Crippen molar-refractivity contribution in [1.29, 1.82) is 0 Å². The largest absolute Gasteiger partial charge is 0.314 e. The smallest absolute Gasteiger partial charge is 0.0943 e. The molecule has 1 aromatic carbocycles. The molecule has 0 aliphatic heterocycles. The van der Waals surface area contributed by atoms with E-state index in [0.29, 0.717) is 6.04 Å². The van der Waals surface area contributed by atoms with Crippen molar-refractivity contribution >= 4 is 11.3 Å². The molecule has 0 fully saturated rings. The molecule has 0 saturated heterocycles. The highest BCUT2D eigenvalue weighted by atomic mass is 32.1. The predicted octanol–water partition coefficient (Wildman–Crippen LogP) is 3.52. The topological polar surface area (TPSA) is 24.9 Å². The quantitative estimate of drug-likeness (QED) is 0.871. The number of thiazole rings is 1. The number of hydrogen-bond donors (Lipinski definition) is 1. The van der Waals surface area contributed by atoms with Gasteiger partial charge >= 0.3 is 0 Å². The molecule has 1 atom stereocenters. The van der Waals surface area contributed by atoms with E-state index in [2.05, 4.69) is 60.7 Å². The number of rotatable bonds is 6. The highest BCUT2D eigenvalue weighted by Crippen LogP contribution is 2.15. The second kappa shape index (κ2) is 6.83. The van der Waals surface area contributed by atoms with E-state index in [1.807, 2.05) is 0 Å². The van der Waals surface area contributed by atoms with Crippen LogP contribution in [0.2, 0.25) is 0 Å². The number of nitrogens with one attached hydrogen (secondary N) is 1. The summed E-state index contributed by atoms with van der Waals surface area (Å²) in [5.74, 6) is 0. The molecule has 1 aromatic heterocycles. The Bertz CT molecular complexity index is 519. The Morgan fingerprint density at radius 1 is 1.21 bits per heavy atom. The van der Waals surface area contributed by atoms with Gasteiger partial charge in [0.25, 0.3) is 0 Å². The third kappa shape index (κ3) is 4.15. The summed E-state index contributed by atoms with van der Waals surface area (Å²) in [6, 6.07) is 9.11. The van der Waals surface area contributed by atoms with Crippen molar-refractivity contribution in [3.8, 4) is 0 Å². The average molecular weight is 274 g/mol. The van der Waals surface area contributed by atoms with Crippen LogP contribution in [-0.4, -0.2) is 17.6 Å². The van der Waals surface area contributed by atoms with Crippen LogP contribution in [0.4, 0.5) is 0 Å². The fraction of sp³-hybridized carbons (Fsp3) is 0.438.